The molecule has 3 rings (SSSR count). The lowest BCUT2D eigenvalue weighted by atomic mass is 10.1. The molecule has 6 heteroatoms. The van der Waals surface area contributed by atoms with Crippen LogP contribution in [-0.4, -0.2) is 21.3 Å². The molecule has 0 saturated heterocycles. The molecule has 1 unspecified atom stereocenters. The van der Waals surface area contributed by atoms with Gasteiger partial charge in [-0.05, 0) is 31.5 Å². The molecule has 0 radical (unpaired) electrons. The first-order valence-corrected chi connectivity index (χ1v) is 8.55. The second kappa shape index (κ2) is 6.20. The highest BCUT2D eigenvalue weighted by molar-refractivity contribution is 8.00. The Balaban J connectivity index is 1.83. The summed E-state index contributed by atoms with van der Waals surface area (Å²) in [6.45, 7) is 3.83. The Morgan fingerprint density at radius 1 is 1.35 bits per heavy atom. The Hall–Kier alpha value is -2.08. The van der Waals surface area contributed by atoms with Crippen molar-refractivity contribution in [1.29, 1.82) is 0 Å². The fourth-order valence-corrected chi connectivity index (χ4v) is 3.91. The van der Waals surface area contributed by atoms with Crippen molar-refractivity contribution in [1.82, 2.24) is 4.98 Å². The third-order valence-corrected chi connectivity index (χ3v) is 5.21. The van der Waals surface area contributed by atoms with Crippen molar-refractivity contribution in [2.75, 3.05) is 7.11 Å². The molecule has 0 bridgehead atoms. The summed E-state index contributed by atoms with van der Waals surface area (Å²) in [7, 11) is 0.317. The van der Waals surface area contributed by atoms with E-state index < -0.39 is 10.8 Å². The molecular formula is C17H17FN2O2S. The zero-order chi connectivity index (χ0) is 16.6. The molecule has 120 valence electrons. The minimum Gasteiger partial charge on any atom is -0.496 e. The van der Waals surface area contributed by atoms with Crippen molar-refractivity contribution in [3.8, 4) is 5.75 Å². The predicted octanol–water partition coefficient (Wildman–Crippen LogP) is 3.38. The molecule has 1 atom stereocenters. The van der Waals surface area contributed by atoms with Crippen molar-refractivity contribution in [3.63, 3.8) is 0 Å². The average Bonchev–Trinajstić information content (AvgIpc) is 2.93. The Morgan fingerprint density at radius 3 is 2.87 bits per heavy atom. The van der Waals surface area contributed by atoms with Crippen molar-refractivity contribution >= 4 is 21.5 Å². The number of fused-ring (bicyclic) bond motifs is 1. The Bertz CT molecular complexity index is 834. The van der Waals surface area contributed by atoms with Gasteiger partial charge < -0.3 is 4.74 Å². The maximum Gasteiger partial charge on any atom is 0.128 e. The van der Waals surface area contributed by atoms with Crippen molar-refractivity contribution in [2.24, 2.45) is 4.99 Å². The van der Waals surface area contributed by atoms with Crippen molar-refractivity contribution < 1.29 is 13.3 Å². The van der Waals surface area contributed by atoms with Crippen LogP contribution in [0.5, 0.6) is 5.75 Å². The van der Waals surface area contributed by atoms with Gasteiger partial charge >= 0.3 is 0 Å². The van der Waals surface area contributed by atoms with Crippen LogP contribution in [0.1, 0.15) is 22.4 Å². The standard InChI is InChI=1S/C17H17FN2O2S/c1-10-8-19-15(11(2)17(10)22-3)9-23(21)16-6-12-4-5-13(18)7-14(12)20-16/h4-5,7-8H,6,9H2,1-3H3/i18-1. The number of aliphatic imine (C=N–C) groups is 1. The number of aromatic nitrogens is 1. The maximum absolute atomic E-state index is 13.2. The topological polar surface area (TPSA) is 51.5 Å². The van der Waals surface area contributed by atoms with Crippen LogP contribution in [0, 0.1) is 19.7 Å². The fraction of sp³-hybridized carbons (Fsp3) is 0.294. The lowest BCUT2D eigenvalue weighted by molar-refractivity contribution is 0.407. The molecule has 2 heterocycles. The highest BCUT2D eigenvalue weighted by atomic mass is 32.2. The predicted molar refractivity (Wildman–Crippen MR) is 89.3 cm³/mol. The summed E-state index contributed by atoms with van der Waals surface area (Å²) in [6.07, 6.45) is 2.21. The SMILES string of the molecule is COc1c(C)cnc(CS(=O)C2=Nc3cc([18F])ccc3C2)c1C. The first-order chi connectivity index (χ1) is 11.0. The summed E-state index contributed by atoms with van der Waals surface area (Å²) in [5.74, 6) is 0.712. The van der Waals surface area contributed by atoms with E-state index in [2.05, 4.69) is 9.98 Å². The highest BCUT2D eigenvalue weighted by Crippen LogP contribution is 2.30. The van der Waals surface area contributed by atoms with Crippen LogP contribution < -0.4 is 4.74 Å². The van der Waals surface area contributed by atoms with Crippen LogP contribution in [-0.2, 0) is 23.0 Å². The number of nitrogens with zero attached hydrogens (tertiary/aromatic N) is 2. The van der Waals surface area contributed by atoms with Gasteiger partial charge in [0.25, 0.3) is 0 Å². The minimum atomic E-state index is -1.30. The van der Waals surface area contributed by atoms with Gasteiger partial charge in [-0.25, -0.2) is 9.38 Å². The summed E-state index contributed by atoms with van der Waals surface area (Å²) < 4.78 is 31.2. The Morgan fingerprint density at radius 2 is 2.13 bits per heavy atom. The van der Waals surface area contributed by atoms with Gasteiger partial charge in [0.1, 0.15) is 16.6 Å². The van der Waals surface area contributed by atoms with E-state index in [1.54, 1.807) is 19.4 Å². The lowest BCUT2D eigenvalue weighted by Gasteiger charge is -2.12. The number of benzene rings is 1. The second-order valence-corrected chi connectivity index (χ2v) is 6.94. The number of methoxy groups -OCH3 is 1. The summed E-state index contributed by atoms with van der Waals surface area (Å²) in [5.41, 5.74) is 4.04. The first-order valence-electron chi connectivity index (χ1n) is 7.23. The highest BCUT2D eigenvalue weighted by Gasteiger charge is 2.21. The van der Waals surface area contributed by atoms with Crippen molar-refractivity contribution in [2.45, 2.75) is 26.0 Å². The molecule has 2 aromatic rings. The van der Waals surface area contributed by atoms with Gasteiger partial charge in [-0.15, -0.1) is 0 Å². The van der Waals surface area contributed by atoms with Crippen LogP contribution >= 0.6 is 0 Å². The smallest absolute Gasteiger partial charge is 0.128 e. The molecule has 1 aromatic carbocycles. The van der Waals surface area contributed by atoms with E-state index >= 15 is 0 Å². The number of hydrogen-bond donors (Lipinski definition) is 0. The average molecular weight is 331 g/mol. The first kappa shape index (κ1) is 15.8. The van der Waals surface area contributed by atoms with Crippen molar-refractivity contribution in [3.05, 3.63) is 52.6 Å². The third-order valence-electron chi connectivity index (χ3n) is 3.91. The number of ether oxygens (including phenoxy) is 1. The Labute approximate surface area is 136 Å². The van der Waals surface area contributed by atoms with Crippen LogP contribution in [0.25, 0.3) is 0 Å². The lowest BCUT2D eigenvalue weighted by Crippen LogP contribution is -2.12. The number of rotatable bonds is 3. The summed E-state index contributed by atoms with van der Waals surface area (Å²) >= 11 is 0. The number of pyridine rings is 1. The normalized spacial score (nSPS) is 14.3. The van der Waals surface area contributed by atoms with Gasteiger partial charge in [-0.1, -0.05) is 6.07 Å². The van der Waals surface area contributed by atoms with E-state index in [0.717, 1.165) is 28.1 Å². The van der Waals surface area contributed by atoms with Crippen LogP contribution in [0.15, 0.2) is 29.4 Å². The maximum atomic E-state index is 13.2. The number of aryl methyl sites for hydroxylation is 1. The third kappa shape index (κ3) is 3.03. The Kier molecular flexibility index (Phi) is 4.26. The van der Waals surface area contributed by atoms with Gasteiger partial charge in [0, 0.05) is 23.7 Å². The zero-order valence-corrected chi connectivity index (χ0v) is 14.0. The van der Waals surface area contributed by atoms with E-state index in [0.29, 0.717) is 17.2 Å². The molecule has 0 amide bonds. The fourth-order valence-electron chi connectivity index (χ4n) is 2.68. The van der Waals surface area contributed by atoms with E-state index in [9.17, 15) is 8.60 Å². The van der Waals surface area contributed by atoms with Crippen LogP contribution in [0.2, 0.25) is 0 Å². The quantitative estimate of drug-likeness (QED) is 0.866. The van der Waals surface area contributed by atoms with Crippen LogP contribution in [0.4, 0.5) is 10.1 Å². The zero-order valence-electron chi connectivity index (χ0n) is 13.2. The summed E-state index contributed by atoms with van der Waals surface area (Å²) in [6, 6.07) is 4.46. The molecular weight excluding hydrogens is 314 g/mol. The molecule has 1 aliphatic heterocycles. The largest absolute Gasteiger partial charge is 0.496 e. The molecule has 1 aliphatic rings. The van der Waals surface area contributed by atoms with E-state index in [1.165, 1.54) is 12.1 Å². The van der Waals surface area contributed by atoms with E-state index in [-0.39, 0.29) is 11.6 Å². The monoisotopic (exact) mass is 331 g/mol. The molecule has 23 heavy (non-hydrogen) atoms. The van der Waals surface area contributed by atoms with Gasteiger partial charge in [0.15, 0.2) is 0 Å². The molecule has 0 aliphatic carbocycles. The van der Waals surface area contributed by atoms with Gasteiger partial charge in [-0.3, -0.25) is 9.19 Å². The van der Waals surface area contributed by atoms with Gasteiger partial charge in [0.2, 0.25) is 0 Å². The molecule has 0 saturated carbocycles. The van der Waals surface area contributed by atoms with Gasteiger partial charge in [0.05, 0.1) is 35.0 Å². The summed E-state index contributed by atoms with van der Waals surface area (Å²) in [5, 5.41) is 0.561. The molecule has 0 N–H and O–H groups in total. The molecule has 0 spiro atoms. The van der Waals surface area contributed by atoms with Gasteiger partial charge in [-0.2, -0.15) is 0 Å². The molecule has 0 fully saturated rings. The minimum absolute atomic E-state index is 0.276. The van der Waals surface area contributed by atoms with Crippen LogP contribution in [0.3, 0.4) is 0 Å². The molecule has 4 nitrogen and oxygen atoms in total. The number of halogens is 1. The van der Waals surface area contributed by atoms with E-state index in [4.69, 9.17) is 4.74 Å². The van der Waals surface area contributed by atoms with E-state index in [1.807, 2.05) is 13.8 Å². The summed E-state index contributed by atoms with van der Waals surface area (Å²) in [4.78, 5) is 8.69. The molecule has 1 aromatic heterocycles. The number of hydrogen-bond acceptors (Lipinski definition) is 4. The second-order valence-electron chi connectivity index (χ2n) is 5.49.